The van der Waals surface area contributed by atoms with Crippen LogP contribution in [0.2, 0.25) is 0 Å². The zero-order valence-corrected chi connectivity index (χ0v) is 12.4. The summed E-state index contributed by atoms with van der Waals surface area (Å²) >= 11 is 0. The Morgan fingerprint density at radius 1 is 1.14 bits per heavy atom. The summed E-state index contributed by atoms with van der Waals surface area (Å²) in [6.07, 6.45) is 1.54. The molecule has 0 aromatic heterocycles. The molecule has 0 aliphatic carbocycles. The fourth-order valence-corrected chi connectivity index (χ4v) is 2.91. The Hall–Kier alpha value is -2.32. The Kier molecular flexibility index (Phi) is 4.61. The van der Waals surface area contributed by atoms with Gasteiger partial charge in [0.15, 0.2) is 0 Å². The third-order valence-corrected chi connectivity index (χ3v) is 4.20. The SMILES string of the molecule is CCCc1ccc(C#N)cc1OS(=O)(=O)c1ccccc1. The molecule has 21 heavy (non-hydrogen) atoms. The predicted octanol–water partition coefficient (Wildman–Crippen LogP) is 3.28. The standard InChI is InChI=1S/C16H15NO3S/c1-2-6-14-10-9-13(12-17)11-16(14)20-21(18,19)15-7-4-3-5-8-15/h3-5,7-11H,2,6H2,1H3. The lowest BCUT2D eigenvalue weighted by Crippen LogP contribution is -2.11. The van der Waals surface area contributed by atoms with Crippen molar-refractivity contribution in [3.63, 3.8) is 0 Å². The van der Waals surface area contributed by atoms with Gasteiger partial charge in [-0.15, -0.1) is 0 Å². The highest BCUT2D eigenvalue weighted by Gasteiger charge is 2.18. The summed E-state index contributed by atoms with van der Waals surface area (Å²) in [5.74, 6) is 0.222. The van der Waals surface area contributed by atoms with Crippen LogP contribution in [0.25, 0.3) is 0 Å². The first-order valence-corrected chi connectivity index (χ1v) is 8.00. The molecule has 0 bridgehead atoms. The summed E-state index contributed by atoms with van der Waals surface area (Å²) in [6, 6.07) is 14.8. The van der Waals surface area contributed by atoms with Crippen LogP contribution in [0.3, 0.4) is 0 Å². The largest absolute Gasteiger partial charge is 0.379 e. The van der Waals surface area contributed by atoms with Gasteiger partial charge in [0.25, 0.3) is 0 Å². The van der Waals surface area contributed by atoms with E-state index in [1.54, 1.807) is 30.3 Å². The normalized spacial score (nSPS) is 10.9. The van der Waals surface area contributed by atoms with Gasteiger partial charge in [0.2, 0.25) is 0 Å². The Balaban J connectivity index is 2.40. The Bertz CT molecular complexity index is 762. The first-order valence-electron chi connectivity index (χ1n) is 6.59. The Morgan fingerprint density at radius 2 is 1.86 bits per heavy atom. The molecule has 0 radical (unpaired) electrons. The molecule has 0 fully saturated rings. The van der Waals surface area contributed by atoms with Gasteiger partial charge in [-0.3, -0.25) is 0 Å². The smallest absolute Gasteiger partial charge is 0.339 e. The van der Waals surface area contributed by atoms with Crippen LogP contribution < -0.4 is 4.18 Å². The van der Waals surface area contributed by atoms with Crippen LogP contribution in [0.4, 0.5) is 0 Å². The van der Waals surface area contributed by atoms with E-state index in [0.29, 0.717) is 12.0 Å². The summed E-state index contributed by atoms with van der Waals surface area (Å²) in [7, 11) is -3.89. The van der Waals surface area contributed by atoms with E-state index in [0.717, 1.165) is 12.0 Å². The molecule has 0 spiro atoms. The quantitative estimate of drug-likeness (QED) is 0.795. The molecule has 0 saturated heterocycles. The molecule has 2 rings (SSSR count). The van der Waals surface area contributed by atoms with Gasteiger partial charge in [-0.25, -0.2) is 0 Å². The van der Waals surface area contributed by atoms with E-state index >= 15 is 0 Å². The average molecular weight is 301 g/mol. The minimum absolute atomic E-state index is 0.0924. The van der Waals surface area contributed by atoms with Gasteiger partial charge in [-0.05, 0) is 36.2 Å². The summed E-state index contributed by atoms with van der Waals surface area (Å²) in [5.41, 5.74) is 1.14. The highest BCUT2D eigenvalue weighted by molar-refractivity contribution is 7.87. The highest BCUT2D eigenvalue weighted by atomic mass is 32.2. The van der Waals surface area contributed by atoms with Gasteiger partial charge in [-0.1, -0.05) is 37.6 Å². The minimum Gasteiger partial charge on any atom is -0.379 e. The van der Waals surface area contributed by atoms with Crippen molar-refractivity contribution in [2.24, 2.45) is 0 Å². The second-order valence-corrected chi connectivity index (χ2v) is 6.08. The van der Waals surface area contributed by atoms with E-state index in [4.69, 9.17) is 9.44 Å². The van der Waals surface area contributed by atoms with Crippen molar-refractivity contribution in [1.29, 1.82) is 5.26 Å². The van der Waals surface area contributed by atoms with Gasteiger partial charge in [-0.2, -0.15) is 13.7 Å². The lowest BCUT2D eigenvalue weighted by molar-refractivity contribution is 0.482. The fourth-order valence-electron chi connectivity index (χ4n) is 1.93. The van der Waals surface area contributed by atoms with Crippen molar-refractivity contribution in [2.45, 2.75) is 24.7 Å². The van der Waals surface area contributed by atoms with Crippen molar-refractivity contribution in [2.75, 3.05) is 0 Å². The van der Waals surface area contributed by atoms with Gasteiger partial charge < -0.3 is 4.18 Å². The summed E-state index contributed by atoms with van der Waals surface area (Å²) in [4.78, 5) is 0.0924. The van der Waals surface area contributed by atoms with Gasteiger partial charge >= 0.3 is 10.1 Å². The maximum Gasteiger partial charge on any atom is 0.339 e. The number of rotatable bonds is 5. The van der Waals surface area contributed by atoms with Gasteiger partial charge in [0.1, 0.15) is 10.6 Å². The molecule has 0 N–H and O–H groups in total. The fraction of sp³-hybridized carbons (Fsp3) is 0.188. The third-order valence-electron chi connectivity index (χ3n) is 2.95. The van der Waals surface area contributed by atoms with Crippen molar-refractivity contribution in [1.82, 2.24) is 0 Å². The molecule has 0 aliphatic rings. The number of nitriles is 1. The molecule has 0 unspecified atom stereocenters. The average Bonchev–Trinajstić information content (AvgIpc) is 2.50. The third kappa shape index (κ3) is 3.61. The van der Waals surface area contributed by atoms with E-state index in [-0.39, 0.29) is 10.6 Å². The van der Waals surface area contributed by atoms with E-state index in [9.17, 15) is 8.42 Å². The van der Waals surface area contributed by atoms with E-state index in [1.807, 2.05) is 13.0 Å². The van der Waals surface area contributed by atoms with E-state index in [1.165, 1.54) is 18.2 Å². The molecule has 2 aromatic carbocycles. The van der Waals surface area contributed by atoms with Gasteiger partial charge in [0.05, 0.1) is 11.6 Å². The van der Waals surface area contributed by atoms with Crippen molar-refractivity contribution >= 4 is 10.1 Å². The van der Waals surface area contributed by atoms with E-state index in [2.05, 4.69) is 0 Å². The molecule has 4 nitrogen and oxygen atoms in total. The number of aryl methyl sites for hydroxylation is 1. The molecule has 0 saturated carbocycles. The summed E-state index contributed by atoms with van der Waals surface area (Å²) in [5, 5.41) is 8.94. The lowest BCUT2D eigenvalue weighted by Gasteiger charge is -2.11. The predicted molar refractivity (Wildman–Crippen MR) is 79.4 cm³/mol. The second-order valence-electron chi connectivity index (χ2n) is 4.53. The van der Waals surface area contributed by atoms with Gasteiger partial charge in [0, 0.05) is 0 Å². The number of benzene rings is 2. The first-order chi connectivity index (χ1) is 10.1. The van der Waals surface area contributed by atoms with Crippen LogP contribution in [-0.4, -0.2) is 8.42 Å². The maximum atomic E-state index is 12.3. The number of nitrogens with zero attached hydrogens (tertiary/aromatic N) is 1. The first kappa shape index (κ1) is 15.1. The Morgan fingerprint density at radius 3 is 2.48 bits per heavy atom. The molecule has 0 heterocycles. The maximum absolute atomic E-state index is 12.3. The van der Waals surface area contributed by atoms with Crippen molar-refractivity contribution in [3.05, 3.63) is 59.7 Å². The van der Waals surface area contributed by atoms with Crippen LogP contribution in [0.5, 0.6) is 5.75 Å². The van der Waals surface area contributed by atoms with Crippen molar-refractivity contribution in [3.8, 4) is 11.8 Å². The number of hydrogen-bond acceptors (Lipinski definition) is 4. The molecule has 5 heteroatoms. The molecular weight excluding hydrogens is 286 g/mol. The zero-order chi connectivity index (χ0) is 15.3. The van der Waals surface area contributed by atoms with Crippen LogP contribution in [0, 0.1) is 11.3 Å². The number of hydrogen-bond donors (Lipinski definition) is 0. The molecule has 0 atom stereocenters. The van der Waals surface area contributed by atoms with Crippen LogP contribution in [0.1, 0.15) is 24.5 Å². The summed E-state index contributed by atoms with van der Waals surface area (Å²) in [6.45, 7) is 1.99. The molecule has 0 amide bonds. The monoisotopic (exact) mass is 301 g/mol. The molecular formula is C16H15NO3S. The van der Waals surface area contributed by atoms with Crippen LogP contribution in [-0.2, 0) is 16.5 Å². The van der Waals surface area contributed by atoms with Crippen LogP contribution in [0.15, 0.2) is 53.4 Å². The minimum atomic E-state index is -3.89. The molecule has 108 valence electrons. The van der Waals surface area contributed by atoms with E-state index < -0.39 is 10.1 Å². The Labute approximate surface area is 124 Å². The topological polar surface area (TPSA) is 67.2 Å². The summed E-state index contributed by atoms with van der Waals surface area (Å²) < 4.78 is 29.7. The molecule has 2 aromatic rings. The highest BCUT2D eigenvalue weighted by Crippen LogP contribution is 2.25. The van der Waals surface area contributed by atoms with Crippen molar-refractivity contribution < 1.29 is 12.6 Å². The lowest BCUT2D eigenvalue weighted by atomic mass is 10.1. The van der Waals surface area contributed by atoms with Crippen LogP contribution >= 0.6 is 0 Å². The second kappa shape index (κ2) is 6.42. The zero-order valence-electron chi connectivity index (χ0n) is 11.6. The molecule has 0 aliphatic heterocycles.